The van der Waals surface area contributed by atoms with Gasteiger partial charge in [-0.3, -0.25) is 9.59 Å². The number of carbonyl (C=O) groups excluding carboxylic acids is 3. The van der Waals surface area contributed by atoms with E-state index in [4.69, 9.17) is 23.7 Å². The Morgan fingerprint density at radius 3 is 2.33 bits per heavy atom. The number of ether oxygens (including phenoxy) is 5. The Balaban J connectivity index is 1.60. The van der Waals surface area contributed by atoms with E-state index in [1.807, 2.05) is 39.8 Å². The van der Waals surface area contributed by atoms with Crippen molar-refractivity contribution >= 4 is 23.6 Å². The number of fused-ring (bicyclic) bond motifs is 2. The summed E-state index contributed by atoms with van der Waals surface area (Å²) in [4.78, 5) is 41.9. The van der Waals surface area contributed by atoms with Gasteiger partial charge in [0, 0.05) is 35.0 Å². The van der Waals surface area contributed by atoms with Crippen molar-refractivity contribution in [1.29, 1.82) is 0 Å². The van der Waals surface area contributed by atoms with E-state index in [1.165, 1.54) is 12.7 Å². The molecule has 7 rings (SSSR count). The summed E-state index contributed by atoms with van der Waals surface area (Å²) < 4.78 is 32.1. The smallest absolute Gasteiger partial charge is 0.333 e. The van der Waals surface area contributed by atoms with Crippen molar-refractivity contribution in [3.8, 4) is 17.2 Å². The number of benzene rings is 1. The fourth-order valence-electron chi connectivity index (χ4n) is 8.52. The number of methoxy groups -OCH3 is 2. The Kier molecular flexibility index (Phi) is 8.22. The van der Waals surface area contributed by atoms with Crippen LogP contribution in [-0.4, -0.2) is 54.2 Å². The first kappa shape index (κ1) is 34.0. The maximum Gasteiger partial charge on any atom is 0.333 e. The van der Waals surface area contributed by atoms with Gasteiger partial charge in [0.15, 0.2) is 22.8 Å². The predicted molar refractivity (Wildman–Crippen MR) is 184 cm³/mol. The number of rotatable bonds is 9. The molecule has 6 aliphatic rings. The van der Waals surface area contributed by atoms with E-state index in [1.54, 1.807) is 26.2 Å². The molecule has 3 aliphatic heterocycles. The number of hydrogen-bond acceptors (Lipinski definition) is 8. The van der Waals surface area contributed by atoms with Crippen molar-refractivity contribution in [2.45, 2.75) is 110 Å². The van der Waals surface area contributed by atoms with Crippen LogP contribution in [0, 0.1) is 11.8 Å². The lowest BCUT2D eigenvalue weighted by molar-refractivity contribution is -0.171. The average Bonchev–Trinajstić information content (AvgIpc) is 3.18. The normalized spacial score (nSPS) is 30.3. The molecule has 1 saturated carbocycles. The SMILES string of the molecule is COC(=O)/C(C)=C\CC12OC(C)(C)C3CC(C=C4C(=O)c5c(OC)c6c(c(CC=C(C)C)c5OC431)OC(C)(CCC=C(C)C)C=C6)C2=O. The first-order valence-electron chi connectivity index (χ1n) is 16.9. The Morgan fingerprint density at radius 1 is 0.979 bits per heavy atom. The Hall–Kier alpha value is -3.91. The van der Waals surface area contributed by atoms with Gasteiger partial charge in [-0.05, 0) is 93.2 Å². The Morgan fingerprint density at radius 2 is 1.69 bits per heavy atom. The van der Waals surface area contributed by atoms with Crippen LogP contribution < -0.4 is 14.2 Å². The lowest BCUT2D eigenvalue weighted by atomic mass is 9.51. The number of esters is 1. The van der Waals surface area contributed by atoms with E-state index >= 15 is 4.79 Å². The summed E-state index contributed by atoms with van der Waals surface area (Å²) in [6.45, 7) is 15.9. The molecule has 8 nitrogen and oxygen atoms in total. The Bertz CT molecular complexity index is 1760. The zero-order valence-corrected chi connectivity index (χ0v) is 29.9. The van der Waals surface area contributed by atoms with Gasteiger partial charge < -0.3 is 23.7 Å². The molecule has 1 saturated heterocycles. The lowest BCUT2D eigenvalue weighted by Gasteiger charge is -2.56. The summed E-state index contributed by atoms with van der Waals surface area (Å²) in [5.41, 5.74) is 0.506. The van der Waals surface area contributed by atoms with E-state index in [0.29, 0.717) is 52.4 Å². The summed E-state index contributed by atoms with van der Waals surface area (Å²) in [5, 5.41) is 0. The minimum atomic E-state index is -1.53. The van der Waals surface area contributed by atoms with Gasteiger partial charge >= 0.3 is 5.97 Å². The molecule has 3 heterocycles. The quantitative estimate of drug-likeness (QED) is 0.152. The fraction of sp³-hybridized carbons (Fsp3) is 0.525. The summed E-state index contributed by atoms with van der Waals surface area (Å²) in [7, 11) is 2.88. The average molecular weight is 657 g/mol. The topological polar surface area (TPSA) is 97.4 Å². The molecule has 8 heteroatoms. The highest BCUT2D eigenvalue weighted by atomic mass is 16.6. The van der Waals surface area contributed by atoms with E-state index in [0.717, 1.165) is 24.0 Å². The molecule has 5 unspecified atom stereocenters. The monoisotopic (exact) mass is 656 g/mol. The number of Topliss-reactive ketones (excluding diaryl/α,β-unsaturated/α-hetero) is 2. The first-order chi connectivity index (χ1) is 22.6. The molecule has 5 atom stereocenters. The van der Waals surface area contributed by atoms with E-state index in [9.17, 15) is 9.59 Å². The van der Waals surface area contributed by atoms with Crippen LogP contribution in [0.3, 0.4) is 0 Å². The van der Waals surface area contributed by atoms with Crippen LogP contribution in [0.15, 0.2) is 52.7 Å². The highest BCUT2D eigenvalue weighted by Gasteiger charge is 2.81. The number of allylic oxidation sites excluding steroid dienone is 5. The van der Waals surface area contributed by atoms with Gasteiger partial charge in [0.1, 0.15) is 28.4 Å². The van der Waals surface area contributed by atoms with Crippen LogP contribution in [0.4, 0.5) is 0 Å². The maximum atomic E-state index is 15.0. The van der Waals surface area contributed by atoms with Crippen LogP contribution >= 0.6 is 0 Å². The molecule has 3 aliphatic carbocycles. The van der Waals surface area contributed by atoms with Crippen LogP contribution in [0.25, 0.3) is 6.08 Å². The minimum absolute atomic E-state index is 0.0518. The molecule has 48 heavy (non-hydrogen) atoms. The van der Waals surface area contributed by atoms with Gasteiger partial charge in [0.05, 0.1) is 25.4 Å². The molecular formula is C40H48O8. The molecule has 2 fully saturated rings. The van der Waals surface area contributed by atoms with E-state index in [-0.39, 0.29) is 23.9 Å². The third-order valence-corrected chi connectivity index (χ3v) is 10.8. The van der Waals surface area contributed by atoms with Crippen LogP contribution in [0.2, 0.25) is 0 Å². The molecule has 0 radical (unpaired) electrons. The van der Waals surface area contributed by atoms with E-state index < -0.39 is 34.3 Å². The van der Waals surface area contributed by atoms with Gasteiger partial charge in [0.2, 0.25) is 0 Å². The second kappa shape index (κ2) is 11.6. The van der Waals surface area contributed by atoms with Gasteiger partial charge in [0.25, 0.3) is 0 Å². The second-order valence-electron chi connectivity index (χ2n) is 15.1. The minimum Gasteiger partial charge on any atom is -0.495 e. The van der Waals surface area contributed by atoms with Crippen molar-refractivity contribution in [2.75, 3.05) is 14.2 Å². The standard InChI is InChI=1S/C40H48O8/c1-22(2)12-11-17-38(8)18-16-27-32(46-38)26(14-13-23(3)4)34-30(33(27)44-9)31(41)28-20-25-21-29-37(6,7)48-39(35(25)42,40(28,29)47-34)19-15-24(5)36(43)45-10/h12-13,15-16,18,20,25,29H,11,14,17,19,21H2,1-10H3/b24-15-. The summed E-state index contributed by atoms with van der Waals surface area (Å²) >= 11 is 0. The fourth-order valence-corrected chi connectivity index (χ4v) is 8.52. The molecule has 1 aromatic rings. The van der Waals surface area contributed by atoms with Crippen molar-refractivity contribution in [1.82, 2.24) is 0 Å². The van der Waals surface area contributed by atoms with Crippen molar-refractivity contribution in [3.63, 3.8) is 0 Å². The largest absolute Gasteiger partial charge is 0.495 e. The highest BCUT2D eigenvalue weighted by molar-refractivity contribution is 6.19. The maximum absolute atomic E-state index is 15.0. The first-order valence-corrected chi connectivity index (χ1v) is 16.9. The molecular weight excluding hydrogens is 608 g/mol. The number of carbonyl (C=O) groups is 3. The van der Waals surface area contributed by atoms with Gasteiger partial charge in [-0.2, -0.15) is 0 Å². The molecule has 4 bridgehead atoms. The zero-order chi connectivity index (χ0) is 35.0. The second-order valence-corrected chi connectivity index (χ2v) is 15.1. The molecule has 0 N–H and O–H groups in total. The van der Waals surface area contributed by atoms with E-state index in [2.05, 4.69) is 32.9 Å². The third-order valence-electron chi connectivity index (χ3n) is 10.8. The third kappa shape index (κ3) is 4.85. The van der Waals surface area contributed by atoms with Crippen LogP contribution in [0.1, 0.15) is 103 Å². The highest BCUT2D eigenvalue weighted by Crippen LogP contribution is 2.68. The molecule has 0 amide bonds. The number of hydrogen-bond donors (Lipinski definition) is 0. The zero-order valence-electron chi connectivity index (χ0n) is 29.9. The summed E-state index contributed by atoms with van der Waals surface area (Å²) in [6, 6.07) is 0. The molecule has 0 aromatic heterocycles. The predicted octanol–water partition coefficient (Wildman–Crippen LogP) is 7.63. The van der Waals surface area contributed by atoms with Gasteiger partial charge in [-0.15, -0.1) is 0 Å². The van der Waals surface area contributed by atoms with Gasteiger partial charge in [-0.25, -0.2) is 4.79 Å². The van der Waals surface area contributed by atoms with Crippen molar-refractivity contribution in [3.05, 3.63) is 69.4 Å². The molecule has 1 spiro atoms. The van der Waals surface area contributed by atoms with Crippen LogP contribution in [0.5, 0.6) is 17.2 Å². The molecule has 1 aromatic carbocycles. The van der Waals surface area contributed by atoms with Crippen molar-refractivity contribution in [2.24, 2.45) is 11.8 Å². The Labute approximate surface area is 283 Å². The number of ketones is 2. The van der Waals surface area contributed by atoms with Crippen LogP contribution in [-0.2, 0) is 25.5 Å². The summed E-state index contributed by atoms with van der Waals surface area (Å²) in [5.74, 6) is -0.337. The molecule has 256 valence electrons. The van der Waals surface area contributed by atoms with Crippen molar-refractivity contribution < 1.29 is 38.1 Å². The summed E-state index contributed by atoms with van der Waals surface area (Å²) in [6.07, 6.45) is 14.4. The lowest BCUT2D eigenvalue weighted by Crippen LogP contribution is -2.72. The van der Waals surface area contributed by atoms with Gasteiger partial charge in [-0.1, -0.05) is 35.5 Å².